The molecule has 0 rings (SSSR count). The molecule has 0 aromatic carbocycles. The molecule has 0 aromatic rings. The van der Waals surface area contributed by atoms with Crippen molar-refractivity contribution in [1.29, 1.82) is 0 Å². The summed E-state index contributed by atoms with van der Waals surface area (Å²) in [7, 11) is -4.84. The number of allylic oxidation sites excluding steroid dienone is 1. The fourth-order valence-corrected chi connectivity index (χ4v) is 7.34. The normalized spacial score (nSPS) is 13.2. The van der Waals surface area contributed by atoms with E-state index in [1.807, 2.05) is 33.8 Å². The van der Waals surface area contributed by atoms with Crippen LogP contribution in [0.1, 0.15) is 27.7 Å². The third-order valence-corrected chi connectivity index (χ3v) is 8.52. The van der Waals surface area contributed by atoms with Crippen molar-refractivity contribution in [2.75, 3.05) is 13.2 Å². The molecule has 18 heavy (non-hydrogen) atoms. The van der Waals surface area contributed by atoms with Crippen LogP contribution in [0.25, 0.3) is 0 Å². The summed E-state index contributed by atoms with van der Waals surface area (Å²) in [6.45, 7) is 15.0. The average molecular weight is 284 g/mol. The van der Waals surface area contributed by atoms with Crippen molar-refractivity contribution in [2.24, 2.45) is 0 Å². The largest absolute Gasteiger partial charge is 1.00 e. The van der Waals surface area contributed by atoms with E-state index in [2.05, 4.69) is 19.6 Å². The summed E-state index contributed by atoms with van der Waals surface area (Å²) >= 11 is 0. The van der Waals surface area contributed by atoms with Gasteiger partial charge in [-0.1, -0.05) is 19.6 Å². The molecule has 0 atom stereocenters. The molecule has 102 valence electrons. The Kier molecular flexibility index (Phi) is 10.1. The summed E-state index contributed by atoms with van der Waals surface area (Å²) in [5.74, 6) is 1.13. The van der Waals surface area contributed by atoms with E-state index >= 15 is 0 Å². The Balaban J connectivity index is 0. The zero-order valence-electron chi connectivity index (χ0n) is 13.2. The van der Waals surface area contributed by atoms with Gasteiger partial charge in [0, 0.05) is 0 Å². The maximum absolute atomic E-state index is 12.8. The van der Waals surface area contributed by atoms with Crippen molar-refractivity contribution in [2.45, 2.75) is 47.3 Å². The van der Waals surface area contributed by atoms with Gasteiger partial charge < -0.3 is 9.05 Å². The zero-order chi connectivity index (χ0) is 13.7. The Morgan fingerprint density at radius 3 is 1.78 bits per heavy atom. The van der Waals surface area contributed by atoms with Gasteiger partial charge in [0.1, 0.15) is 0 Å². The van der Waals surface area contributed by atoms with Crippen molar-refractivity contribution in [3.63, 3.8) is 0 Å². The molecule has 0 spiro atoms. The van der Waals surface area contributed by atoms with Gasteiger partial charge >= 0.3 is 18.9 Å². The summed E-state index contributed by atoms with van der Waals surface area (Å²) < 4.78 is 23.7. The molecule has 0 saturated carbocycles. The molecule has 0 aliphatic rings. The van der Waals surface area contributed by atoms with Crippen molar-refractivity contribution in [3.8, 4) is 0 Å². The second kappa shape index (κ2) is 8.69. The minimum atomic E-state index is -3.10. The van der Waals surface area contributed by atoms with Crippen LogP contribution in [0, 0.1) is 5.92 Å². The van der Waals surface area contributed by atoms with Gasteiger partial charge in [-0.05, 0) is 21.9 Å². The second-order valence-corrected chi connectivity index (χ2v) is 12.6. The minimum Gasteiger partial charge on any atom is -0.318 e. The first-order valence-electron chi connectivity index (χ1n) is 6.09. The predicted molar refractivity (Wildman–Crippen MR) is 76.9 cm³/mol. The summed E-state index contributed by atoms with van der Waals surface area (Å²) in [5.41, 5.74) is 0. The minimum absolute atomic E-state index is 0. The van der Waals surface area contributed by atoms with Gasteiger partial charge in [0.15, 0.2) is 0 Å². The first-order valence-corrected chi connectivity index (χ1v) is 11.1. The van der Waals surface area contributed by atoms with Crippen molar-refractivity contribution in [1.82, 2.24) is 0 Å². The van der Waals surface area contributed by atoms with Crippen molar-refractivity contribution < 1.29 is 32.5 Å². The molecular weight excluding hydrogens is 258 g/mol. The molecule has 0 unspecified atom stereocenters. The quantitative estimate of drug-likeness (QED) is 0.405. The van der Waals surface area contributed by atoms with E-state index in [0.717, 1.165) is 10.9 Å². The van der Waals surface area contributed by atoms with Crippen molar-refractivity contribution in [3.05, 3.63) is 16.9 Å². The van der Waals surface area contributed by atoms with Gasteiger partial charge in [0.2, 0.25) is 0 Å². The Bertz CT molecular complexity index is 301. The van der Waals surface area contributed by atoms with E-state index in [1.54, 1.807) is 0 Å². The van der Waals surface area contributed by atoms with Gasteiger partial charge in [-0.2, -0.15) is 0 Å². The first-order chi connectivity index (χ1) is 7.67. The number of hydrogen-bond acceptors (Lipinski definition) is 3. The van der Waals surface area contributed by atoms with Crippen molar-refractivity contribution >= 4 is 15.7 Å². The Labute approximate surface area is 125 Å². The number of rotatable bonds is 7. The Morgan fingerprint density at radius 1 is 1.17 bits per heavy atom. The molecule has 6 heteroatoms. The standard InChI is InChI=1S/C12H26O3PSi.Li/c1-8-14-16(13,15-9-2)12(10-11(3)4)17(5,6)7;/h10H,8-9H2,1-7H3;/q-1;+1/b12-10-;. The summed E-state index contributed by atoms with van der Waals surface area (Å²) in [5, 5.41) is 0. The van der Waals surface area contributed by atoms with Crippen LogP contribution in [0.2, 0.25) is 19.6 Å². The molecule has 0 amide bonds. The summed E-state index contributed by atoms with van der Waals surface area (Å²) in [6, 6.07) is 0. The molecule has 0 fully saturated rings. The molecule has 0 heterocycles. The van der Waals surface area contributed by atoms with Crippen LogP contribution in [0.15, 0.2) is 11.0 Å². The van der Waals surface area contributed by atoms with Crippen LogP contribution >= 0.6 is 7.60 Å². The molecule has 0 aromatic heterocycles. The van der Waals surface area contributed by atoms with Crippen LogP contribution in [-0.2, 0) is 13.6 Å². The predicted octanol–water partition coefficient (Wildman–Crippen LogP) is 1.63. The molecule has 0 radical (unpaired) electrons. The molecule has 0 N–H and O–H groups in total. The van der Waals surface area contributed by atoms with Gasteiger partial charge in [-0.3, -0.25) is 4.57 Å². The molecule has 0 saturated heterocycles. The van der Waals surface area contributed by atoms with E-state index < -0.39 is 15.7 Å². The third-order valence-electron chi connectivity index (χ3n) is 2.09. The summed E-state index contributed by atoms with van der Waals surface area (Å²) in [6.07, 6.45) is 1.98. The van der Waals surface area contributed by atoms with Crippen LogP contribution in [0.4, 0.5) is 0 Å². The monoisotopic (exact) mass is 284 g/mol. The van der Waals surface area contributed by atoms with Crippen LogP contribution in [0.5, 0.6) is 0 Å². The molecule has 0 aliphatic carbocycles. The Morgan fingerprint density at radius 2 is 1.56 bits per heavy atom. The SMILES string of the molecule is CCOP(=O)(OCC)/C(=C/[C-](C)C)[Si](C)(C)C.[Li+]. The summed E-state index contributed by atoms with van der Waals surface area (Å²) in [4.78, 5) is 0.883. The van der Waals surface area contributed by atoms with E-state index in [9.17, 15) is 4.57 Å². The Hall–Kier alpha value is 0.574. The maximum Gasteiger partial charge on any atom is 1.00 e. The van der Waals surface area contributed by atoms with Gasteiger partial charge in [-0.25, -0.2) is 12.0 Å². The van der Waals surface area contributed by atoms with Gasteiger partial charge in [0.25, 0.3) is 7.60 Å². The molecule has 0 bridgehead atoms. The first kappa shape index (κ1) is 20.9. The average Bonchev–Trinajstić information content (AvgIpc) is 2.13. The van der Waals surface area contributed by atoms with E-state index in [-0.39, 0.29) is 18.9 Å². The fraction of sp³-hybridized carbons (Fsp3) is 0.750. The van der Waals surface area contributed by atoms with E-state index in [4.69, 9.17) is 9.05 Å². The molecular formula is C12H26LiO3PSi. The zero-order valence-corrected chi connectivity index (χ0v) is 15.1. The number of hydrogen-bond donors (Lipinski definition) is 0. The van der Waals surface area contributed by atoms with Crippen LogP contribution in [-0.4, -0.2) is 21.3 Å². The van der Waals surface area contributed by atoms with E-state index in [1.165, 1.54) is 0 Å². The van der Waals surface area contributed by atoms with Crippen LogP contribution in [0.3, 0.4) is 0 Å². The van der Waals surface area contributed by atoms with Crippen LogP contribution < -0.4 is 18.9 Å². The fourth-order valence-electron chi connectivity index (χ4n) is 1.50. The van der Waals surface area contributed by atoms with Gasteiger partial charge in [0.05, 0.1) is 13.2 Å². The molecule has 0 aliphatic heterocycles. The maximum atomic E-state index is 12.8. The van der Waals surface area contributed by atoms with Gasteiger partial charge in [-0.15, -0.1) is 18.8 Å². The molecule has 3 nitrogen and oxygen atoms in total. The smallest absolute Gasteiger partial charge is 0.318 e. The second-order valence-electron chi connectivity index (χ2n) is 5.19. The third kappa shape index (κ3) is 6.66. The van der Waals surface area contributed by atoms with E-state index in [0.29, 0.717) is 13.2 Å². The topological polar surface area (TPSA) is 35.5 Å².